The molecule has 2 aromatic heterocycles. The summed E-state index contributed by atoms with van der Waals surface area (Å²) in [6, 6.07) is 5.65. The highest BCUT2D eigenvalue weighted by Gasteiger charge is 2.11. The fraction of sp³-hybridized carbons (Fsp3) is 0.182. The van der Waals surface area contributed by atoms with Gasteiger partial charge in [0.15, 0.2) is 0 Å². The summed E-state index contributed by atoms with van der Waals surface area (Å²) in [5, 5.41) is 0. The topological polar surface area (TPSA) is 30.7 Å². The molecule has 2 heterocycles. The Morgan fingerprint density at radius 1 is 1.44 bits per heavy atom. The van der Waals surface area contributed by atoms with Crippen LogP contribution in [0.25, 0.3) is 5.52 Å². The molecule has 0 saturated heterocycles. The van der Waals surface area contributed by atoms with E-state index in [2.05, 4.69) is 31.9 Å². The number of carbonyl (C=O) groups is 1. The van der Waals surface area contributed by atoms with Crippen LogP contribution in [-0.2, 0) is 4.74 Å². The fourth-order valence-electron chi connectivity index (χ4n) is 1.45. The van der Waals surface area contributed by atoms with Crippen molar-refractivity contribution in [3.8, 4) is 0 Å². The third-order valence-electron chi connectivity index (χ3n) is 2.17. The van der Waals surface area contributed by atoms with Crippen LogP contribution < -0.4 is 0 Å². The molecule has 0 spiro atoms. The Balaban J connectivity index is 2.52. The van der Waals surface area contributed by atoms with E-state index in [1.807, 2.05) is 16.5 Å². The largest absolute Gasteiger partial charge is 0.462 e. The first-order chi connectivity index (χ1) is 7.63. The van der Waals surface area contributed by atoms with Crippen LogP contribution in [0.1, 0.15) is 17.3 Å². The molecular formula is C11H9Br2NO2. The number of aromatic nitrogens is 1. The minimum atomic E-state index is -0.297. The molecule has 84 valence electrons. The maximum absolute atomic E-state index is 11.5. The van der Waals surface area contributed by atoms with Crippen LogP contribution in [0.15, 0.2) is 33.5 Å². The van der Waals surface area contributed by atoms with Gasteiger partial charge in [0, 0.05) is 16.2 Å². The van der Waals surface area contributed by atoms with Crippen LogP contribution in [0.2, 0.25) is 0 Å². The maximum atomic E-state index is 11.5. The van der Waals surface area contributed by atoms with Gasteiger partial charge in [-0.2, -0.15) is 0 Å². The van der Waals surface area contributed by atoms with Gasteiger partial charge in [-0.15, -0.1) is 0 Å². The molecule has 0 amide bonds. The Morgan fingerprint density at radius 3 is 2.88 bits per heavy atom. The number of hydrogen-bond donors (Lipinski definition) is 0. The van der Waals surface area contributed by atoms with Crippen molar-refractivity contribution in [3.63, 3.8) is 0 Å². The molecule has 2 rings (SSSR count). The van der Waals surface area contributed by atoms with Gasteiger partial charge in [-0.25, -0.2) is 4.79 Å². The lowest BCUT2D eigenvalue weighted by atomic mass is 10.3. The van der Waals surface area contributed by atoms with Gasteiger partial charge in [-0.1, -0.05) is 0 Å². The van der Waals surface area contributed by atoms with Gasteiger partial charge in [0.1, 0.15) is 4.60 Å². The molecule has 0 fully saturated rings. The highest BCUT2D eigenvalue weighted by atomic mass is 79.9. The van der Waals surface area contributed by atoms with Gasteiger partial charge >= 0.3 is 5.97 Å². The zero-order valence-electron chi connectivity index (χ0n) is 8.54. The summed E-state index contributed by atoms with van der Waals surface area (Å²) in [5.74, 6) is -0.297. The van der Waals surface area contributed by atoms with E-state index in [1.54, 1.807) is 19.2 Å². The summed E-state index contributed by atoms with van der Waals surface area (Å²) in [6.07, 6.45) is 1.75. The van der Waals surface area contributed by atoms with Gasteiger partial charge in [0.05, 0.1) is 12.2 Å². The summed E-state index contributed by atoms with van der Waals surface area (Å²) in [6.45, 7) is 2.18. The molecule has 0 atom stereocenters. The number of carbonyl (C=O) groups excluding carboxylic acids is 1. The van der Waals surface area contributed by atoms with Gasteiger partial charge in [0.2, 0.25) is 0 Å². The lowest BCUT2D eigenvalue weighted by Gasteiger charge is -2.00. The Kier molecular flexibility index (Phi) is 3.35. The van der Waals surface area contributed by atoms with E-state index in [-0.39, 0.29) is 5.97 Å². The summed E-state index contributed by atoms with van der Waals surface area (Å²) in [5.41, 5.74) is 1.50. The van der Waals surface area contributed by atoms with Crippen molar-refractivity contribution in [2.24, 2.45) is 0 Å². The van der Waals surface area contributed by atoms with Crippen molar-refractivity contribution in [2.75, 3.05) is 6.61 Å². The second kappa shape index (κ2) is 4.59. The summed E-state index contributed by atoms with van der Waals surface area (Å²) >= 11 is 6.86. The molecule has 0 unspecified atom stereocenters. The first-order valence-electron chi connectivity index (χ1n) is 4.76. The number of pyridine rings is 1. The van der Waals surface area contributed by atoms with Crippen molar-refractivity contribution < 1.29 is 9.53 Å². The summed E-state index contributed by atoms with van der Waals surface area (Å²) in [7, 11) is 0. The van der Waals surface area contributed by atoms with Crippen LogP contribution in [0.4, 0.5) is 0 Å². The molecule has 2 aromatic rings. The Labute approximate surface area is 110 Å². The van der Waals surface area contributed by atoms with Crippen LogP contribution >= 0.6 is 31.9 Å². The quantitative estimate of drug-likeness (QED) is 0.614. The second-order valence-corrected chi connectivity index (χ2v) is 4.82. The van der Waals surface area contributed by atoms with E-state index in [9.17, 15) is 4.79 Å². The van der Waals surface area contributed by atoms with Crippen molar-refractivity contribution in [1.82, 2.24) is 4.40 Å². The normalized spacial score (nSPS) is 10.7. The molecule has 0 saturated carbocycles. The van der Waals surface area contributed by atoms with Crippen molar-refractivity contribution >= 4 is 43.3 Å². The Hall–Kier alpha value is -0.810. The Bertz CT molecular complexity index is 548. The van der Waals surface area contributed by atoms with E-state index in [0.717, 1.165) is 14.6 Å². The van der Waals surface area contributed by atoms with Crippen LogP contribution in [0, 0.1) is 0 Å². The average Bonchev–Trinajstić information content (AvgIpc) is 2.69. The van der Waals surface area contributed by atoms with Crippen molar-refractivity contribution in [1.29, 1.82) is 0 Å². The molecule has 0 aliphatic heterocycles. The molecule has 0 radical (unpaired) electrons. The number of halogens is 2. The number of fused-ring (bicyclic) bond motifs is 1. The van der Waals surface area contributed by atoms with Gasteiger partial charge in [0.25, 0.3) is 0 Å². The predicted octanol–water partition coefficient (Wildman–Crippen LogP) is 3.64. The molecule has 3 nitrogen and oxygen atoms in total. The minimum absolute atomic E-state index is 0.297. The molecular weight excluding hydrogens is 338 g/mol. The lowest BCUT2D eigenvalue weighted by Crippen LogP contribution is -2.02. The molecule has 0 N–H and O–H groups in total. The minimum Gasteiger partial charge on any atom is -0.462 e. The average molecular weight is 347 g/mol. The number of rotatable bonds is 2. The van der Waals surface area contributed by atoms with Crippen LogP contribution in [-0.4, -0.2) is 17.0 Å². The van der Waals surface area contributed by atoms with Crippen LogP contribution in [0.5, 0.6) is 0 Å². The van der Waals surface area contributed by atoms with Crippen LogP contribution in [0.3, 0.4) is 0 Å². The number of ether oxygens (including phenoxy) is 1. The highest BCUT2D eigenvalue weighted by molar-refractivity contribution is 9.13. The van der Waals surface area contributed by atoms with Gasteiger partial charge in [-0.3, -0.25) is 0 Å². The molecule has 0 bridgehead atoms. The van der Waals surface area contributed by atoms with E-state index in [4.69, 9.17) is 4.74 Å². The monoisotopic (exact) mass is 345 g/mol. The third-order valence-corrected chi connectivity index (χ3v) is 4.15. The van der Waals surface area contributed by atoms with Gasteiger partial charge in [-0.05, 0) is 57.0 Å². The molecule has 0 aliphatic carbocycles. The third kappa shape index (κ3) is 2.01. The Morgan fingerprint density at radius 2 is 2.19 bits per heavy atom. The van der Waals surface area contributed by atoms with E-state index >= 15 is 0 Å². The van der Waals surface area contributed by atoms with Crippen molar-refractivity contribution in [2.45, 2.75) is 6.92 Å². The van der Waals surface area contributed by atoms with Crippen molar-refractivity contribution in [3.05, 3.63) is 39.0 Å². The predicted molar refractivity (Wildman–Crippen MR) is 68.8 cm³/mol. The van der Waals surface area contributed by atoms with Gasteiger partial charge < -0.3 is 9.14 Å². The highest BCUT2D eigenvalue weighted by Crippen LogP contribution is 2.25. The standard InChI is InChI=1S/C11H9Br2NO2/c1-2-16-11(15)7-5-8-3-4-9(12)10(13)14(8)6-7/h3-6H,2H2,1H3. The number of esters is 1. The van der Waals surface area contributed by atoms with E-state index < -0.39 is 0 Å². The number of nitrogens with zero attached hydrogens (tertiary/aromatic N) is 1. The number of hydrogen-bond acceptors (Lipinski definition) is 2. The first-order valence-corrected chi connectivity index (χ1v) is 6.35. The lowest BCUT2D eigenvalue weighted by molar-refractivity contribution is 0.0526. The molecule has 0 aromatic carbocycles. The summed E-state index contributed by atoms with van der Waals surface area (Å²) < 4.78 is 8.65. The zero-order chi connectivity index (χ0) is 11.7. The first kappa shape index (κ1) is 11.7. The second-order valence-electron chi connectivity index (χ2n) is 3.22. The summed E-state index contributed by atoms with van der Waals surface area (Å²) in [4.78, 5) is 11.5. The van der Waals surface area contributed by atoms with E-state index in [1.165, 1.54) is 0 Å². The SMILES string of the molecule is CCOC(=O)c1cc2ccc(Br)c(Br)n2c1. The maximum Gasteiger partial charge on any atom is 0.339 e. The fourth-order valence-corrected chi connectivity index (χ4v) is 2.21. The molecule has 0 aliphatic rings. The molecule has 16 heavy (non-hydrogen) atoms. The smallest absolute Gasteiger partial charge is 0.339 e. The molecule has 5 heteroatoms. The van der Waals surface area contributed by atoms with E-state index in [0.29, 0.717) is 12.2 Å². The zero-order valence-corrected chi connectivity index (χ0v) is 11.7.